The quantitative estimate of drug-likeness (QED) is 0.719. The van der Waals surface area contributed by atoms with E-state index < -0.39 is 0 Å². The Morgan fingerprint density at radius 2 is 1.45 bits per heavy atom. The van der Waals surface area contributed by atoms with Crippen LogP contribution in [-0.2, 0) is 0 Å². The highest BCUT2D eigenvalue weighted by Crippen LogP contribution is 2.26. The molecule has 0 saturated carbocycles. The average molecular weight is 411 g/mol. The molecule has 154 valence electrons. The highest BCUT2D eigenvalue weighted by molar-refractivity contribution is 7.80. The smallest absolute Gasteiger partial charge is 0.232 e. The van der Waals surface area contributed by atoms with Crippen molar-refractivity contribution in [1.82, 2.24) is 15.3 Å². The van der Waals surface area contributed by atoms with Crippen LogP contribution in [0.1, 0.15) is 50.6 Å². The van der Waals surface area contributed by atoms with Crippen LogP contribution in [0.15, 0.2) is 36.4 Å². The zero-order valence-electron chi connectivity index (χ0n) is 17.1. The number of nitrogens with one attached hydrogen (secondary N) is 2. The summed E-state index contributed by atoms with van der Waals surface area (Å²) < 4.78 is 0. The van der Waals surface area contributed by atoms with Crippen LogP contribution in [0.2, 0.25) is 0 Å². The highest BCUT2D eigenvalue weighted by atomic mass is 32.1. The SMILES string of the molecule is C[C@H](NC(=S)Nc1nc(N2CCCCC2)cc(N2CCCC2)n1)c1ccccc1. The maximum atomic E-state index is 5.56. The van der Waals surface area contributed by atoms with Crippen LogP contribution in [0.25, 0.3) is 0 Å². The number of benzene rings is 1. The third kappa shape index (κ3) is 5.15. The molecule has 0 unspecified atom stereocenters. The van der Waals surface area contributed by atoms with Gasteiger partial charge in [-0.05, 0) is 56.8 Å². The van der Waals surface area contributed by atoms with Gasteiger partial charge in [0.05, 0.1) is 6.04 Å². The molecule has 2 fully saturated rings. The second-order valence-electron chi connectivity index (χ2n) is 7.88. The molecule has 1 atom stereocenters. The van der Waals surface area contributed by atoms with Crippen LogP contribution in [0.5, 0.6) is 0 Å². The molecule has 7 heteroatoms. The number of aromatic nitrogens is 2. The zero-order chi connectivity index (χ0) is 20.1. The second kappa shape index (κ2) is 9.39. The summed E-state index contributed by atoms with van der Waals surface area (Å²) in [4.78, 5) is 14.3. The number of anilines is 3. The molecule has 2 N–H and O–H groups in total. The lowest BCUT2D eigenvalue weighted by Gasteiger charge is -2.29. The summed E-state index contributed by atoms with van der Waals surface area (Å²) >= 11 is 5.56. The molecule has 1 aromatic heterocycles. The maximum Gasteiger partial charge on any atom is 0.232 e. The van der Waals surface area contributed by atoms with Crippen LogP contribution in [0.3, 0.4) is 0 Å². The van der Waals surface area contributed by atoms with Gasteiger partial charge in [0.1, 0.15) is 11.6 Å². The number of hydrogen-bond donors (Lipinski definition) is 2. The summed E-state index contributed by atoms with van der Waals surface area (Å²) in [6.45, 7) is 6.34. The highest BCUT2D eigenvalue weighted by Gasteiger charge is 2.20. The predicted molar refractivity (Wildman–Crippen MR) is 124 cm³/mol. The van der Waals surface area contributed by atoms with Gasteiger partial charge in [0.15, 0.2) is 5.11 Å². The Kier molecular flexibility index (Phi) is 6.44. The Balaban J connectivity index is 1.50. The number of rotatable bonds is 5. The van der Waals surface area contributed by atoms with Gasteiger partial charge < -0.3 is 20.4 Å². The monoisotopic (exact) mass is 410 g/mol. The molecule has 2 saturated heterocycles. The van der Waals surface area contributed by atoms with Gasteiger partial charge in [0.25, 0.3) is 0 Å². The normalized spacial score (nSPS) is 17.8. The number of piperidine rings is 1. The van der Waals surface area contributed by atoms with Crippen molar-refractivity contribution in [3.05, 3.63) is 42.0 Å². The van der Waals surface area contributed by atoms with E-state index in [9.17, 15) is 0 Å². The molecule has 0 amide bonds. The average Bonchev–Trinajstić information content (AvgIpc) is 3.30. The van der Waals surface area contributed by atoms with Crippen LogP contribution in [0, 0.1) is 0 Å². The minimum Gasteiger partial charge on any atom is -0.356 e. The van der Waals surface area contributed by atoms with Gasteiger partial charge in [0, 0.05) is 32.2 Å². The molecule has 0 spiro atoms. The summed E-state index contributed by atoms with van der Waals surface area (Å²) in [5.74, 6) is 2.58. The van der Waals surface area contributed by atoms with Gasteiger partial charge in [-0.25, -0.2) is 0 Å². The first-order valence-corrected chi connectivity index (χ1v) is 11.1. The van der Waals surface area contributed by atoms with Crippen molar-refractivity contribution in [2.45, 2.75) is 45.1 Å². The van der Waals surface area contributed by atoms with E-state index in [0.717, 1.165) is 37.8 Å². The van der Waals surface area contributed by atoms with Crippen LogP contribution >= 0.6 is 12.2 Å². The zero-order valence-corrected chi connectivity index (χ0v) is 17.9. The summed E-state index contributed by atoms with van der Waals surface area (Å²) in [5.41, 5.74) is 1.19. The largest absolute Gasteiger partial charge is 0.356 e. The first-order chi connectivity index (χ1) is 14.2. The number of thiocarbonyl (C=S) groups is 1. The van der Waals surface area contributed by atoms with Crippen molar-refractivity contribution in [1.29, 1.82) is 0 Å². The summed E-state index contributed by atoms with van der Waals surface area (Å²) in [7, 11) is 0. The van der Waals surface area contributed by atoms with Gasteiger partial charge in [-0.15, -0.1) is 0 Å². The van der Waals surface area contributed by atoms with Crippen molar-refractivity contribution in [2.24, 2.45) is 0 Å². The Morgan fingerprint density at radius 3 is 2.03 bits per heavy atom. The van der Waals surface area contributed by atoms with Crippen LogP contribution < -0.4 is 20.4 Å². The van der Waals surface area contributed by atoms with Gasteiger partial charge in [-0.1, -0.05) is 30.3 Å². The maximum absolute atomic E-state index is 5.56. The van der Waals surface area contributed by atoms with E-state index in [1.807, 2.05) is 18.2 Å². The van der Waals surface area contributed by atoms with Gasteiger partial charge in [-0.2, -0.15) is 9.97 Å². The molecule has 1 aromatic carbocycles. The first kappa shape index (κ1) is 19.9. The molecular formula is C22H30N6S. The lowest BCUT2D eigenvalue weighted by atomic mass is 10.1. The van der Waals surface area contributed by atoms with E-state index in [2.05, 4.69) is 45.6 Å². The van der Waals surface area contributed by atoms with E-state index in [-0.39, 0.29) is 6.04 Å². The molecule has 2 aromatic rings. The lowest BCUT2D eigenvalue weighted by Crippen LogP contribution is -2.33. The van der Waals surface area contributed by atoms with E-state index in [4.69, 9.17) is 22.2 Å². The van der Waals surface area contributed by atoms with Crippen LogP contribution in [0.4, 0.5) is 17.6 Å². The third-order valence-corrected chi connectivity index (χ3v) is 5.90. The van der Waals surface area contributed by atoms with E-state index in [1.165, 1.54) is 37.7 Å². The van der Waals surface area contributed by atoms with Crippen LogP contribution in [-0.4, -0.2) is 41.3 Å². The molecule has 2 aliphatic heterocycles. The Morgan fingerprint density at radius 1 is 0.897 bits per heavy atom. The molecule has 3 heterocycles. The fraction of sp³-hybridized carbons (Fsp3) is 0.500. The van der Waals surface area contributed by atoms with Crippen molar-refractivity contribution in [3.63, 3.8) is 0 Å². The van der Waals surface area contributed by atoms with Crippen molar-refractivity contribution < 1.29 is 0 Å². The standard InChI is InChI=1S/C22H30N6S/c1-17(18-10-4-2-5-11-18)23-22(29)26-21-24-19(27-12-6-3-7-13-27)16-20(25-21)28-14-8-9-15-28/h2,4-5,10-11,16-17H,3,6-9,12-15H2,1H3,(H2,23,24,25,26,29)/t17-/m0/s1. The minimum atomic E-state index is 0.111. The molecular weight excluding hydrogens is 380 g/mol. The fourth-order valence-electron chi connectivity index (χ4n) is 4.03. The molecule has 0 radical (unpaired) electrons. The second-order valence-corrected chi connectivity index (χ2v) is 8.29. The topological polar surface area (TPSA) is 56.3 Å². The lowest BCUT2D eigenvalue weighted by molar-refractivity contribution is 0.573. The predicted octanol–water partition coefficient (Wildman–Crippen LogP) is 4.11. The van der Waals surface area contributed by atoms with Gasteiger partial charge in [-0.3, -0.25) is 0 Å². The number of nitrogens with zero attached hydrogens (tertiary/aromatic N) is 4. The fourth-order valence-corrected chi connectivity index (χ4v) is 4.30. The van der Waals surface area contributed by atoms with E-state index in [1.54, 1.807) is 0 Å². The molecule has 4 rings (SSSR count). The molecule has 0 bridgehead atoms. The summed E-state index contributed by atoms with van der Waals surface area (Å²) in [6.07, 6.45) is 6.19. The van der Waals surface area contributed by atoms with Crippen molar-refractivity contribution in [3.8, 4) is 0 Å². The Bertz CT molecular complexity index is 815. The summed E-state index contributed by atoms with van der Waals surface area (Å²) in [5, 5.41) is 7.12. The Labute approximate surface area is 178 Å². The molecule has 0 aliphatic carbocycles. The van der Waals surface area contributed by atoms with Crippen molar-refractivity contribution in [2.75, 3.05) is 41.3 Å². The van der Waals surface area contributed by atoms with Gasteiger partial charge in [0.2, 0.25) is 5.95 Å². The summed E-state index contributed by atoms with van der Waals surface area (Å²) in [6, 6.07) is 12.5. The Hall–Kier alpha value is -2.41. The van der Waals surface area contributed by atoms with Gasteiger partial charge >= 0.3 is 0 Å². The van der Waals surface area contributed by atoms with E-state index >= 15 is 0 Å². The first-order valence-electron chi connectivity index (χ1n) is 10.7. The van der Waals surface area contributed by atoms with Crippen molar-refractivity contribution >= 4 is 34.9 Å². The molecule has 2 aliphatic rings. The molecule has 6 nitrogen and oxygen atoms in total. The van der Waals surface area contributed by atoms with E-state index in [0.29, 0.717) is 11.1 Å². The minimum absolute atomic E-state index is 0.111. The molecule has 29 heavy (non-hydrogen) atoms. The third-order valence-electron chi connectivity index (χ3n) is 5.68. The number of hydrogen-bond acceptors (Lipinski definition) is 5.